The van der Waals surface area contributed by atoms with Crippen LogP contribution < -0.4 is 0 Å². The van der Waals surface area contributed by atoms with Gasteiger partial charge in [-0.1, -0.05) is 20.8 Å². The molecule has 1 rings (SSSR count). The fourth-order valence-electron chi connectivity index (χ4n) is 1.52. The zero-order valence-electron chi connectivity index (χ0n) is 8.80. The predicted molar refractivity (Wildman–Crippen MR) is 49.7 cm³/mol. The lowest BCUT2D eigenvalue weighted by Gasteiger charge is -2.13. The highest BCUT2D eigenvalue weighted by molar-refractivity contribution is 5.32. The zero-order valence-corrected chi connectivity index (χ0v) is 8.80. The van der Waals surface area contributed by atoms with Gasteiger partial charge in [0.1, 0.15) is 5.82 Å². The minimum atomic E-state index is -1.59. The van der Waals surface area contributed by atoms with Crippen LogP contribution in [0.15, 0.2) is 0 Å². The minimum absolute atomic E-state index is 0.00537. The maximum absolute atomic E-state index is 13.6. The van der Waals surface area contributed by atoms with Crippen LogP contribution in [-0.4, -0.2) is 0 Å². The Kier molecular flexibility index (Phi) is 3.37. The average Bonchev–Trinajstić information content (AvgIpc) is 2.15. The molecule has 0 aliphatic carbocycles. The van der Waals surface area contributed by atoms with Crippen LogP contribution in [0.4, 0.5) is 17.6 Å². The van der Waals surface area contributed by atoms with Gasteiger partial charge in [0, 0.05) is 11.1 Å². The van der Waals surface area contributed by atoms with Gasteiger partial charge in [-0.25, -0.2) is 17.6 Å². The van der Waals surface area contributed by atoms with Crippen LogP contribution in [0.1, 0.15) is 37.8 Å². The van der Waals surface area contributed by atoms with Gasteiger partial charge in [-0.15, -0.1) is 0 Å². The number of hydrogen-bond donors (Lipinski definition) is 0. The fourth-order valence-corrected chi connectivity index (χ4v) is 1.52. The van der Waals surface area contributed by atoms with Crippen molar-refractivity contribution in [1.29, 1.82) is 0 Å². The van der Waals surface area contributed by atoms with Crippen molar-refractivity contribution < 1.29 is 17.6 Å². The molecular formula is C11H12F4. The number of benzene rings is 1. The minimum Gasteiger partial charge on any atom is -0.206 e. The van der Waals surface area contributed by atoms with Gasteiger partial charge in [0.2, 0.25) is 0 Å². The van der Waals surface area contributed by atoms with Crippen LogP contribution in [0.2, 0.25) is 0 Å². The first-order valence-electron chi connectivity index (χ1n) is 4.76. The van der Waals surface area contributed by atoms with Crippen LogP contribution in [0, 0.1) is 23.3 Å². The van der Waals surface area contributed by atoms with Crippen molar-refractivity contribution in [3.63, 3.8) is 0 Å². The molecule has 0 aliphatic rings. The SMILES string of the molecule is CCc1c(F)c(F)c(F)c(C(C)C)c1F. The number of hydrogen-bond acceptors (Lipinski definition) is 0. The summed E-state index contributed by atoms with van der Waals surface area (Å²) in [6.45, 7) is 4.54. The van der Waals surface area contributed by atoms with Gasteiger partial charge in [-0.05, 0) is 12.3 Å². The smallest absolute Gasteiger partial charge is 0.195 e. The van der Waals surface area contributed by atoms with Crippen molar-refractivity contribution in [2.75, 3.05) is 0 Å². The summed E-state index contributed by atoms with van der Waals surface area (Å²) in [6, 6.07) is 0. The molecule has 0 fully saturated rings. The van der Waals surface area contributed by atoms with Crippen LogP contribution in [0.5, 0.6) is 0 Å². The lowest BCUT2D eigenvalue weighted by Crippen LogP contribution is -2.09. The highest BCUT2D eigenvalue weighted by atomic mass is 19.2. The van der Waals surface area contributed by atoms with E-state index in [4.69, 9.17) is 0 Å². The molecule has 0 N–H and O–H groups in total. The average molecular weight is 220 g/mol. The van der Waals surface area contributed by atoms with E-state index < -0.39 is 34.8 Å². The molecule has 0 atom stereocenters. The van der Waals surface area contributed by atoms with Crippen LogP contribution >= 0.6 is 0 Å². The molecule has 0 aromatic heterocycles. The van der Waals surface area contributed by atoms with E-state index in [1.165, 1.54) is 20.8 Å². The largest absolute Gasteiger partial charge is 0.206 e. The number of halogens is 4. The second kappa shape index (κ2) is 4.21. The molecule has 0 amide bonds. The van der Waals surface area contributed by atoms with Crippen molar-refractivity contribution in [2.45, 2.75) is 33.1 Å². The van der Waals surface area contributed by atoms with Crippen molar-refractivity contribution >= 4 is 0 Å². The second-order valence-corrected chi connectivity index (χ2v) is 3.66. The van der Waals surface area contributed by atoms with Gasteiger partial charge in [-0.2, -0.15) is 0 Å². The van der Waals surface area contributed by atoms with Crippen LogP contribution in [0.3, 0.4) is 0 Å². The molecular weight excluding hydrogens is 208 g/mol. The summed E-state index contributed by atoms with van der Waals surface area (Å²) in [5.41, 5.74) is -0.775. The first-order valence-corrected chi connectivity index (χ1v) is 4.76. The Morgan fingerprint density at radius 3 is 1.80 bits per heavy atom. The van der Waals surface area contributed by atoms with E-state index >= 15 is 0 Å². The third-order valence-corrected chi connectivity index (χ3v) is 2.32. The third kappa shape index (κ3) is 1.85. The second-order valence-electron chi connectivity index (χ2n) is 3.66. The Morgan fingerprint density at radius 1 is 0.867 bits per heavy atom. The molecule has 0 aliphatic heterocycles. The molecule has 84 valence electrons. The predicted octanol–water partition coefficient (Wildman–Crippen LogP) is 3.93. The molecule has 0 bridgehead atoms. The zero-order chi connectivity index (χ0) is 11.7. The van der Waals surface area contributed by atoms with E-state index in [-0.39, 0.29) is 12.0 Å². The molecule has 1 aromatic carbocycles. The monoisotopic (exact) mass is 220 g/mol. The highest BCUT2D eigenvalue weighted by Gasteiger charge is 2.25. The van der Waals surface area contributed by atoms with Gasteiger partial charge in [0.15, 0.2) is 17.5 Å². The van der Waals surface area contributed by atoms with Gasteiger partial charge in [0.25, 0.3) is 0 Å². The van der Waals surface area contributed by atoms with Crippen molar-refractivity contribution in [1.82, 2.24) is 0 Å². The normalized spacial score (nSPS) is 11.2. The molecule has 0 unspecified atom stereocenters. The Bertz CT molecular complexity index is 383. The molecule has 0 spiro atoms. The van der Waals surface area contributed by atoms with Gasteiger partial charge >= 0.3 is 0 Å². The van der Waals surface area contributed by atoms with E-state index in [9.17, 15) is 17.6 Å². The summed E-state index contributed by atoms with van der Waals surface area (Å²) < 4.78 is 53.0. The summed E-state index contributed by atoms with van der Waals surface area (Å²) in [4.78, 5) is 0. The van der Waals surface area contributed by atoms with E-state index in [0.29, 0.717) is 0 Å². The highest BCUT2D eigenvalue weighted by Crippen LogP contribution is 2.29. The fraction of sp³-hybridized carbons (Fsp3) is 0.455. The number of rotatable bonds is 2. The third-order valence-electron chi connectivity index (χ3n) is 2.32. The molecule has 1 aromatic rings. The molecule has 0 radical (unpaired) electrons. The molecule has 0 heterocycles. The summed E-state index contributed by atoms with van der Waals surface area (Å²) in [6.07, 6.45) is -0.00537. The van der Waals surface area contributed by atoms with E-state index in [1.54, 1.807) is 0 Å². The Morgan fingerprint density at radius 2 is 1.40 bits per heavy atom. The summed E-state index contributed by atoms with van der Waals surface area (Å²) in [5.74, 6) is -5.92. The van der Waals surface area contributed by atoms with E-state index in [0.717, 1.165) is 0 Å². The molecule has 0 saturated carbocycles. The Labute approximate surface area is 85.9 Å². The van der Waals surface area contributed by atoms with Crippen molar-refractivity contribution in [3.05, 3.63) is 34.4 Å². The van der Waals surface area contributed by atoms with Gasteiger partial charge < -0.3 is 0 Å². The maximum Gasteiger partial charge on any atom is 0.195 e. The summed E-state index contributed by atoms with van der Waals surface area (Å²) in [7, 11) is 0. The Hall–Kier alpha value is -1.06. The lowest BCUT2D eigenvalue weighted by atomic mass is 9.97. The van der Waals surface area contributed by atoms with Gasteiger partial charge in [-0.3, -0.25) is 0 Å². The quantitative estimate of drug-likeness (QED) is 0.402. The molecule has 15 heavy (non-hydrogen) atoms. The van der Waals surface area contributed by atoms with E-state index in [2.05, 4.69) is 0 Å². The first-order chi connectivity index (χ1) is 6.91. The van der Waals surface area contributed by atoms with Crippen LogP contribution in [0.25, 0.3) is 0 Å². The van der Waals surface area contributed by atoms with Crippen LogP contribution in [-0.2, 0) is 6.42 Å². The van der Waals surface area contributed by atoms with Gasteiger partial charge in [0.05, 0.1) is 0 Å². The standard InChI is InChI=1S/C11H12F4/c1-4-6-8(12)7(5(2)3)10(14)11(15)9(6)13/h5H,4H2,1-3H3. The lowest BCUT2D eigenvalue weighted by molar-refractivity contribution is 0.412. The maximum atomic E-state index is 13.6. The summed E-state index contributed by atoms with van der Waals surface area (Å²) in [5, 5.41) is 0. The first kappa shape index (κ1) is 12.0. The van der Waals surface area contributed by atoms with E-state index in [1.807, 2.05) is 0 Å². The molecule has 0 nitrogen and oxygen atoms in total. The van der Waals surface area contributed by atoms with Crippen molar-refractivity contribution in [3.8, 4) is 0 Å². The van der Waals surface area contributed by atoms with Crippen molar-refractivity contribution in [2.24, 2.45) is 0 Å². The Balaban J connectivity index is 3.60. The summed E-state index contributed by atoms with van der Waals surface area (Å²) >= 11 is 0. The molecule has 0 saturated heterocycles. The molecule has 4 heteroatoms. The topological polar surface area (TPSA) is 0 Å².